The summed E-state index contributed by atoms with van der Waals surface area (Å²) in [5, 5.41) is 0. The summed E-state index contributed by atoms with van der Waals surface area (Å²) in [6.45, 7) is 0.494. The zero-order chi connectivity index (χ0) is 13.2. The van der Waals surface area contributed by atoms with Crippen LogP contribution in [0, 0.1) is 11.7 Å². The minimum absolute atomic E-state index is 0.159. The molecule has 0 N–H and O–H groups in total. The Morgan fingerprint density at radius 3 is 2.28 bits per heavy atom. The first-order valence-corrected chi connectivity index (χ1v) is 5.77. The normalized spacial score (nSPS) is 17.7. The predicted octanol–water partition coefficient (Wildman–Crippen LogP) is 3.07. The lowest BCUT2D eigenvalue weighted by Crippen LogP contribution is -2.40. The highest BCUT2D eigenvalue weighted by Gasteiger charge is 2.47. The Hall–Kier alpha value is -1.36. The van der Waals surface area contributed by atoms with Gasteiger partial charge >= 0.3 is 5.92 Å². The van der Waals surface area contributed by atoms with Crippen LogP contribution in [0.5, 0.6) is 0 Å². The molecule has 0 radical (unpaired) electrons. The van der Waals surface area contributed by atoms with Crippen molar-refractivity contribution in [2.24, 2.45) is 5.92 Å². The number of benzene rings is 1. The molecular weight excluding hydrogens is 245 g/mol. The number of ketones is 1. The van der Waals surface area contributed by atoms with Crippen molar-refractivity contribution in [3.63, 3.8) is 0 Å². The first kappa shape index (κ1) is 13.1. The summed E-state index contributed by atoms with van der Waals surface area (Å²) in [6, 6.07) is 4.19. The van der Waals surface area contributed by atoms with E-state index in [0.29, 0.717) is 0 Å². The van der Waals surface area contributed by atoms with Crippen LogP contribution in [-0.2, 0) is 4.74 Å². The SMILES string of the molecule is O=C(c1ccc(F)cc1)C(F)(F)C1CCOCC1. The number of carbonyl (C=O) groups is 1. The average molecular weight is 258 g/mol. The third kappa shape index (κ3) is 2.56. The molecule has 98 valence electrons. The van der Waals surface area contributed by atoms with Crippen LogP contribution < -0.4 is 0 Å². The first-order chi connectivity index (χ1) is 8.51. The van der Waals surface area contributed by atoms with Gasteiger partial charge in [0.05, 0.1) is 0 Å². The van der Waals surface area contributed by atoms with Gasteiger partial charge in [-0.25, -0.2) is 4.39 Å². The molecule has 1 fully saturated rings. The molecule has 0 aromatic heterocycles. The Labute approximate surface area is 103 Å². The summed E-state index contributed by atoms with van der Waals surface area (Å²) < 4.78 is 45.7. The number of rotatable bonds is 3. The van der Waals surface area contributed by atoms with Crippen LogP contribution in [0.3, 0.4) is 0 Å². The smallest absolute Gasteiger partial charge is 0.312 e. The quantitative estimate of drug-likeness (QED) is 0.779. The van der Waals surface area contributed by atoms with E-state index in [1.165, 1.54) is 0 Å². The van der Waals surface area contributed by atoms with E-state index in [2.05, 4.69) is 0 Å². The average Bonchev–Trinajstić information content (AvgIpc) is 2.40. The monoisotopic (exact) mass is 258 g/mol. The summed E-state index contributed by atoms with van der Waals surface area (Å²) in [4.78, 5) is 11.8. The number of hydrogen-bond acceptors (Lipinski definition) is 2. The van der Waals surface area contributed by atoms with E-state index in [4.69, 9.17) is 4.74 Å². The molecule has 5 heteroatoms. The Bertz CT molecular complexity index is 422. The van der Waals surface area contributed by atoms with Gasteiger partial charge in [-0.05, 0) is 37.1 Å². The molecule has 2 rings (SSSR count). The second-order valence-corrected chi connectivity index (χ2v) is 4.35. The maximum absolute atomic E-state index is 14.0. The minimum Gasteiger partial charge on any atom is -0.381 e. The van der Waals surface area contributed by atoms with Crippen molar-refractivity contribution >= 4 is 5.78 Å². The van der Waals surface area contributed by atoms with Crippen molar-refractivity contribution in [3.05, 3.63) is 35.6 Å². The van der Waals surface area contributed by atoms with E-state index in [-0.39, 0.29) is 31.6 Å². The first-order valence-electron chi connectivity index (χ1n) is 5.77. The second-order valence-electron chi connectivity index (χ2n) is 4.35. The molecule has 18 heavy (non-hydrogen) atoms. The number of carbonyl (C=O) groups excluding carboxylic acids is 1. The Kier molecular flexibility index (Phi) is 3.71. The van der Waals surface area contributed by atoms with Crippen LogP contribution in [0.15, 0.2) is 24.3 Å². The molecule has 0 amide bonds. The molecule has 0 atom stereocenters. The summed E-state index contributed by atoms with van der Waals surface area (Å²) >= 11 is 0. The third-order valence-corrected chi connectivity index (χ3v) is 3.14. The standard InChI is InChI=1S/C13H13F3O2/c14-11-3-1-9(2-4-11)12(17)13(15,16)10-5-7-18-8-6-10/h1-4,10H,5-8H2. The number of Topliss-reactive ketones (excluding diaryl/α,β-unsaturated/α-hetero) is 1. The van der Waals surface area contributed by atoms with Crippen LogP contribution in [0.1, 0.15) is 23.2 Å². The van der Waals surface area contributed by atoms with Crippen LogP contribution >= 0.6 is 0 Å². The lowest BCUT2D eigenvalue weighted by molar-refractivity contribution is -0.0685. The van der Waals surface area contributed by atoms with Gasteiger partial charge in [-0.2, -0.15) is 8.78 Å². The Morgan fingerprint density at radius 2 is 1.72 bits per heavy atom. The third-order valence-electron chi connectivity index (χ3n) is 3.14. The second kappa shape index (κ2) is 5.10. The van der Waals surface area contributed by atoms with Crippen molar-refractivity contribution in [3.8, 4) is 0 Å². The highest BCUT2D eigenvalue weighted by Crippen LogP contribution is 2.35. The van der Waals surface area contributed by atoms with E-state index in [9.17, 15) is 18.0 Å². The number of halogens is 3. The Balaban J connectivity index is 2.17. The van der Waals surface area contributed by atoms with Crippen LogP contribution in [0.2, 0.25) is 0 Å². The molecule has 1 aliphatic heterocycles. The molecule has 1 aliphatic rings. The highest BCUT2D eigenvalue weighted by atomic mass is 19.3. The minimum atomic E-state index is -3.42. The van der Waals surface area contributed by atoms with Gasteiger partial charge in [0.2, 0.25) is 5.78 Å². The summed E-state index contributed by atoms with van der Waals surface area (Å²) in [5.41, 5.74) is -0.159. The van der Waals surface area contributed by atoms with Crippen LogP contribution in [0.4, 0.5) is 13.2 Å². The lowest BCUT2D eigenvalue weighted by atomic mass is 9.88. The van der Waals surface area contributed by atoms with Gasteiger partial charge < -0.3 is 4.74 Å². The predicted molar refractivity (Wildman–Crippen MR) is 59.2 cm³/mol. The van der Waals surface area contributed by atoms with E-state index in [1.54, 1.807) is 0 Å². The van der Waals surface area contributed by atoms with Crippen LogP contribution in [-0.4, -0.2) is 24.9 Å². The molecule has 0 aliphatic carbocycles. The van der Waals surface area contributed by atoms with E-state index in [0.717, 1.165) is 24.3 Å². The highest BCUT2D eigenvalue weighted by molar-refractivity contribution is 6.01. The molecule has 2 nitrogen and oxygen atoms in total. The molecule has 0 bridgehead atoms. The number of ether oxygens (including phenoxy) is 1. The fourth-order valence-corrected chi connectivity index (χ4v) is 2.04. The maximum Gasteiger partial charge on any atom is 0.312 e. The van der Waals surface area contributed by atoms with Crippen molar-refractivity contribution in [1.29, 1.82) is 0 Å². The van der Waals surface area contributed by atoms with Crippen molar-refractivity contribution < 1.29 is 22.7 Å². The molecular formula is C13H13F3O2. The van der Waals surface area contributed by atoms with Gasteiger partial charge in [-0.3, -0.25) is 4.79 Å². The van der Waals surface area contributed by atoms with Crippen molar-refractivity contribution in [1.82, 2.24) is 0 Å². The molecule has 1 saturated heterocycles. The van der Waals surface area contributed by atoms with Gasteiger partial charge in [0.1, 0.15) is 5.82 Å². The zero-order valence-corrected chi connectivity index (χ0v) is 9.67. The molecule has 0 spiro atoms. The van der Waals surface area contributed by atoms with E-state index in [1.807, 2.05) is 0 Å². The molecule has 0 unspecified atom stereocenters. The summed E-state index contributed by atoms with van der Waals surface area (Å²) in [5.74, 6) is -6.21. The van der Waals surface area contributed by atoms with Crippen molar-refractivity contribution in [2.75, 3.05) is 13.2 Å². The van der Waals surface area contributed by atoms with Crippen LogP contribution in [0.25, 0.3) is 0 Å². The largest absolute Gasteiger partial charge is 0.381 e. The van der Waals surface area contributed by atoms with Crippen molar-refractivity contribution in [2.45, 2.75) is 18.8 Å². The molecule has 1 heterocycles. The topological polar surface area (TPSA) is 26.3 Å². The summed E-state index contributed by atoms with van der Waals surface area (Å²) in [7, 11) is 0. The molecule has 1 aromatic carbocycles. The summed E-state index contributed by atoms with van der Waals surface area (Å²) in [6.07, 6.45) is 0.333. The fourth-order valence-electron chi connectivity index (χ4n) is 2.04. The maximum atomic E-state index is 14.0. The van der Waals surface area contributed by atoms with Gasteiger partial charge in [0.25, 0.3) is 0 Å². The van der Waals surface area contributed by atoms with Gasteiger partial charge in [0, 0.05) is 24.7 Å². The van der Waals surface area contributed by atoms with Gasteiger partial charge in [-0.1, -0.05) is 0 Å². The number of alkyl halides is 2. The fraction of sp³-hybridized carbons (Fsp3) is 0.462. The van der Waals surface area contributed by atoms with E-state index < -0.39 is 23.4 Å². The zero-order valence-electron chi connectivity index (χ0n) is 9.67. The Morgan fingerprint density at radius 1 is 1.17 bits per heavy atom. The van der Waals surface area contributed by atoms with Gasteiger partial charge in [-0.15, -0.1) is 0 Å². The van der Waals surface area contributed by atoms with E-state index >= 15 is 0 Å². The number of hydrogen-bond donors (Lipinski definition) is 0. The molecule has 0 saturated carbocycles. The van der Waals surface area contributed by atoms with Gasteiger partial charge in [0.15, 0.2) is 0 Å². The molecule has 1 aromatic rings. The lowest BCUT2D eigenvalue weighted by Gasteiger charge is -2.28.